The van der Waals surface area contributed by atoms with Gasteiger partial charge in [0.1, 0.15) is 5.82 Å². The van der Waals surface area contributed by atoms with Crippen molar-refractivity contribution in [3.05, 3.63) is 35.5 Å². The molecule has 1 aromatic heterocycles. The maximum atomic E-state index is 13.0. The summed E-state index contributed by atoms with van der Waals surface area (Å²) in [7, 11) is 2.14. The Balaban J connectivity index is 1.67. The van der Waals surface area contributed by atoms with Crippen molar-refractivity contribution in [3.8, 4) is 11.3 Å². The second-order valence-electron chi connectivity index (χ2n) is 6.49. The van der Waals surface area contributed by atoms with E-state index in [-0.39, 0.29) is 5.82 Å². The highest BCUT2D eigenvalue weighted by Gasteiger charge is 2.25. The van der Waals surface area contributed by atoms with Crippen molar-refractivity contribution < 1.29 is 4.39 Å². The minimum absolute atomic E-state index is 0.210. The van der Waals surface area contributed by atoms with E-state index < -0.39 is 0 Å². The zero-order chi connectivity index (χ0) is 16.4. The second kappa shape index (κ2) is 6.97. The molecule has 1 aliphatic heterocycles. The van der Waals surface area contributed by atoms with Crippen molar-refractivity contribution in [2.45, 2.75) is 38.8 Å². The van der Waals surface area contributed by atoms with Crippen LogP contribution in [-0.4, -0.2) is 42.1 Å². The molecule has 0 bridgehead atoms. The summed E-state index contributed by atoms with van der Waals surface area (Å²) < 4.78 is 13.0. The Hall–Kier alpha value is -1.46. The van der Waals surface area contributed by atoms with E-state index in [4.69, 9.17) is 4.98 Å². The van der Waals surface area contributed by atoms with Gasteiger partial charge in [-0.1, -0.05) is 0 Å². The molecule has 0 unspecified atom stereocenters. The van der Waals surface area contributed by atoms with Crippen LogP contribution in [0, 0.1) is 5.82 Å². The zero-order valence-electron chi connectivity index (χ0n) is 14.0. The number of thiazole rings is 1. The number of aromatic nitrogens is 1. The molecule has 1 saturated heterocycles. The first kappa shape index (κ1) is 16.4. The molecule has 3 nitrogen and oxygen atoms in total. The van der Waals surface area contributed by atoms with Gasteiger partial charge < -0.3 is 9.80 Å². The first-order chi connectivity index (χ1) is 11.0. The average molecular weight is 333 g/mol. The topological polar surface area (TPSA) is 19.4 Å². The molecule has 5 heteroatoms. The fourth-order valence-corrected chi connectivity index (χ4v) is 4.00. The Morgan fingerprint density at radius 3 is 2.48 bits per heavy atom. The molecule has 1 aromatic carbocycles. The lowest BCUT2D eigenvalue weighted by Gasteiger charge is -2.38. The van der Waals surface area contributed by atoms with Gasteiger partial charge in [0.2, 0.25) is 0 Å². The third-order valence-electron chi connectivity index (χ3n) is 4.71. The van der Waals surface area contributed by atoms with Gasteiger partial charge in [0, 0.05) is 43.2 Å². The fourth-order valence-electron chi connectivity index (χ4n) is 3.13. The third-order valence-corrected chi connectivity index (χ3v) is 5.64. The van der Waals surface area contributed by atoms with Gasteiger partial charge >= 0.3 is 0 Å². The van der Waals surface area contributed by atoms with Crippen LogP contribution in [0.15, 0.2) is 29.6 Å². The number of hydrogen-bond acceptors (Lipinski definition) is 4. The molecular weight excluding hydrogens is 309 g/mol. The Kier molecular flexibility index (Phi) is 4.97. The van der Waals surface area contributed by atoms with Gasteiger partial charge in [-0.2, -0.15) is 0 Å². The maximum Gasteiger partial charge on any atom is 0.185 e. The van der Waals surface area contributed by atoms with E-state index in [9.17, 15) is 4.39 Å². The highest BCUT2D eigenvalue weighted by Crippen LogP contribution is 2.30. The van der Waals surface area contributed by atoms with Crippen molar-refractivity contribution in [1.29, 1.82) is 0 Å². The van der Waals surface area contributed by atoms with Gasteiger partial charge in [0.15, 0.2) is 5.13 Å². The smallest absolute Gasteiger partial charge is 0.185 e. The summed E-state index contributed by atoms with van der Waals surface area (Å²) in [6.07, 6.45) is 2.36. The highest BCUT2D eigenvalue weighted by molar-refractivity contribution is 7.14. The van der Waals surface area contributed by atoms with Crippen LogP contribution in [0.25, 0.3) is 11.3 Å². The van der Waals surface area contributed by atoms with Crippen molar-refractivity contribution in [3.63, 3.8) is 0 Å². The highest BCUT2D eigenvalue weighted by atomic mass is 32.1. The number of piperidine rings is 1. The maximum absolute atomic E-state index is 13.0. The lowest BCUT2D eigenvalue weighted by Crippen LogP contribution is -2.45. The van der Waals surface area contributed by atoms with Crippen LogP contribution in [0.1, 0.15) is 26.7 Å². The Labute approximate surface area is 141 Å². The van der Waals surface area contributed by atoms with E-state index >= 15 is 0 Å². The molecule has 0 spiro atoms. The minimum atomic E-state index is -0.210. The summed E-state index contributed by atoms with van der Waals surface area (Å²) >= 11 is 1.66. The van der Waals surface area contributed by atoms with Gasteiger partial charge in [-0.15, -0.1) is 11.3 Å². The molecule has 1 fully saturated rings. The number of benzene rings is 1. The van der Waals surface area contributed by atoms with Crippen molar-refractivity contribution >= 4 is 16.5 Å². The fraction of sp³-hybridized carbons (Fsp3) is 0.500. The number of likely N-dealkylation sites (tertiary alicyclic amines) is 1. The number of rotatable bonds is 4. The number of hydrogen-bond donors (Lipinski definition) is 0. The predicted octanol–water partition coefficient (Wildman–Crippen LogP) is 4.26. The first-order valence-electron chi connectivity index (χ1n) is 8.23. The van der Waals surface area contributed by atoms with Crippen LogP contribution in [0.3, 0.4) is 0 Å². The Morgan fingerprint density at radius 1 is 1.22 bits per heavy atom. The van der Waals surface area contributed by atoms with Crippen LogP contribution < -0.4 is 4.90 Å². The summed E-state index contributed by atoms with van der Waals surface area (Å²) in [5.41, 5.74) is 1.90. The van der Waals surface area contributed by atoms with Crippen LogP contribution in [-0.2, 0) is 0 Å². The molecule has 3 rings (SSSR count). The molecule has 1 aliphatic rings. The second-order valence-corrected chi connectivity index (χ2v) is 7.33. The summed E-state index contributed by atoms with van der Waals surface area (Å²) in [6.45, 7) is 6.84. The average Bonchev–Trinajstić information content (AvgIpc) is 3.05. The van der Waals surface area contributed by atoms with E-state index in [1.165, 1.54) is 25.0 Å². The monoisotopic (exact) mass is 333 g/mol. The number of anilines is 1. The van der Waals surface area contributed by atoms with Crippen LogP contribution in [0.2, 0.25) is 0 Å². The molecule has 2 heterocycles. The van der Waals surface area contributed by atoms with Gasteiger partial charge in [-0.3, -0.25) is 0 Å². The molecule has 0 aliphatic carbocycles. The Morgan fingerprint density at radius 2 is 1.87 bits per heavy atom. The van der Waals surface area contributed by atoms with Crippen molar-refractivity contribution in [2.75, 3.05) is 25.0 Å². The van der Waals surface area contributed by atoms with Crippen molar-refractivity contribution in [1.82, 2.24) is 9.88 Å². The standard InChI is InChI=1S/C18H24FN3S/c1-13(2)22-10-8-16(9-11-22)21(3)18-20-17(12-23-18)14-4-6-15(19)7-5-14/h4-7,12-13,16H,8-11H2,1-3H3. The van der Waals surface area contributed by atoms with Gasteiger partial charge in [-0.05, 0) is 51.0 Å². The predicted molar refractivity (Wildman–Crippen MR) is 95.6 cm³/mol. The van der Waals surface area contributed by atoms with Gasteiger partial charge in [-0.25, -0.2) is 9.37 Å². The normalized spacial score (nSPS) is 16.9. The summed E-state index contributed by atoms with van der Waals surface area (Å²) in [5, 5.41) is 3.11. The number of nitrogens with zero attached hydrogens (tertiary/aromatic N) is 3. The SMILES string of the molecule is CC(C)N1CCC(N(C)c2nc(-c3ccc(F)cc3)cs2)CC1. The van der Waals surface area contributed by atoms with Crippen LogP contribution >= 0.6 is 11.3 Å². The van der Waals surface area contributed by atoms with E-state index in [0.29, 0.717) is 12.1 Å². The van der Waals surface area contributed by atoms with Gasteiger partial charge in [0.25, 0.3) is 0 Å². The molecule has 0 amide bonds. The third kappa shape index (κ3) is 3.72. The molecular formula is C18H24FN3S. The van der Waals surface area contributed by atoms with E-state index in [2.05, 4.69) is 36.1 Å². The number of halogens is 1. The molecule has 0 N–H and O–H groups in total. The van der Waals surface area contributed by atoms with E-state index in [0.717, 1.165) is 29.5 Å². The molecule has 124 valence electrons. The molecule has 0 atom stereocenters. The molecule has 0 radical (unpaired) electrons. The summed E-state index contributed by atoms with van der Waals surface area (Å²) in [4.78, 5) is 9.60. The molecule has 23 heavy (non-hydrogen) atoms. The van der Waals surface area contributed by atoms with E-state index in [1.54, 1.807) is 23.5 Å². The van der Waals surface area contributed by atoms with Crippen LogP contribution in [0.5, 0.6) is 0 Å². The van der Waals surface area contributed by atoms with E-state index in [1.807, 2.05) is 0 Å². The lowest BCUT2D eigenvalue weighted by atomic mass is 10.0. The summed E-state index contributed by atoms with van der Waals surface area (Å²) in [5.74, 6) is -0.210. The minimum Gasteiger partial charge on any atom is -0.348 e. The van der Waals surface area contributed by atoms with Crippen LogP contribution in [0.4, 0.5) is 9.52 Å². The van der Waals surface area contributed by atoms with Gasteiger partial charge in [0.05, 0.1) is 5.69 Å². The quantitative estimate of drug-likeness (QED) is 0.833. The summed E-state index contributed by atoms with van der Waals surface area (Å²) in [6, 6.07) is 7.73. The van der Waals surface area contributed by atoms with Crippen molar-refractivity contribution in [2.24, 2.45) is 0 Å². The lowest BCUT2D eigenvalue weighted by molar-refractivity contribution is 0.171. The Bertz CT molecular complexity index is 630. The molecule has 2 aromatic rings. The first-order valence-corrected chi connectivity index (χ1v) is 9.11. The largest absolute Gasteiger partial charge is 0.348 e. The zero-order valence-corrected chi connectivity index (χ0v) is 14.8. The molecule has 0 saturated carbocycles.